The van der Waals surface area contributed by atoms with Gasteiger partial charge in [-0.15, -0.1) is 11.8 Å². The van der Waals surface area contributed by atoms with E-state index in [-0.39, 0.29) is 12.0 Å². The molecule has 0 bridgehead atoms. The third-order valence-corrected chi connectivity index (χ3v) is 10.1. The van der Waals surface area contributed by atoms with E-state index < -0.39 is 16.1 Å². The third-order valence-electron chi connectivity index (χ3n) is 8.28. The van der Waals surface area contributed by atoms with E-state index >= 15 is 0 Å². The molecule has 0 heterocycles. The molecule has 0 unspecified atom stereocenters. The number of hydrogen-bond donors (Lipinski definition) is 0. The van der Waals surface area contributed by atoms with E-state index in [1.54, 1.807) is 11.8 Å². The van der Waals surface area contributed by atoms with E-state index in [4.69, 9.17) is 4.74 Å². The highest BCUT2D eigenvalue weighted by Gasteiger charge is 2.42. The summed E-state index contributed by atoms with van der Waals surface area (Å²) in [6.07, 6.45) is 0.999. The lowest BCUT2D eigenvalue weighted by Gasteiger charge is -2.38. The van der Waals surface area contributed by atoms with Crippen molar-refractivity contribution in [2.45, 2.75) is 41.9 Å². The van der Waals surface area contributed by atoms with Gasteiger partial charge in [0.25, 0.3) is 0 Å². The molecule has 4 heteroatoms. The Morgan fingerprint density at radius 3 is 1.50 bits per heavy atom. The zero-order valence-corrected chi connectivity index (χ0v) is 26.6. The van der Waals surface area contributed by atoms with Gasteiger partial charge in [0.15, 0.2) is 0 Å². The Bertz CT molecular complexity index is 1460. The van der Waals surface area contributed by atoms with Gasteiger partial charge in [-0.25, -0.2) is 0 Å². The number of aryl methyl sites for hydroxylation is 1. The van der Waals surface area contributed by atoms with Crippen LogP contribution in [0.5, 0.6) is 0 Å². The van der Waals surface area contributed by atoms with E-state index in [2.05, 4.69) is 109 Å². The van der Waals surface area contributed by atoms with Crippen molar-refractivity contribution in [3.63, 3.8) is 0 Å². The Labute approximate surface area is 266 Å². The number of nitrogens with zero attached hydrogens (tertiary/aromatic N) is 1. The van der Waals surface area contributed by atoms with E-state index in [9.17, 15) is 4.79 Å². The molecular weight excluding hydrogens is 559 g/mol. The monoisotopic (exact) mass is 599 g/mol. The smallest absolute Gasteiger partial charge is 0.319 e. The van der Waals surface area contributed by atoms with Crippen LogP contribution in [-0.4, -0.2) is 36.3 Å². The van der Waals surface area contributed by atoms with Gasteiger partial charge in [-0.05, 0) is 61.7 Å². The first kappa shape index (κ1) is 31.3. The van der Waals surface area contributed by atoms with Gasteiger partial charge in [0.1, 0.15) is 11.4 Å². The Hall–Kier alpha value is -4.12. The Morgan fingerprint density at radius 2 is 1.07 bits per heavy atom. The molecule has 0 aliphatic carbocycles. The van der Waals surface area contributed by atoms with Crippen LogP contribution in [-0.2, 0) is 20.7 Å². The van der Waals surface area contributed by atoms with Crippen molar-refractivity contribution in [1.29, 1.82) is 0 Å². The quantitative estimate of drug-likeness (QED) is 0.0998. The zero-order chi connectivity index (χ0) is 30.8. The highest BCUT2D eigenvalue weighted by Crippen LogP contribution is 2.51. The maximum atomic E-state index is 14.6. The number of thioether (sulfide) groups is 1. The fraction of sp³-hybridized carbons (Fsp3) is 0.225. The lowest BCUT2D eigenvalue weighted by atomic mass is 9.84. The van der Waals surface area contributed by atoms with Crippen molar-refractivity contribution in [2.24, 2.45) is 0 Å². The summed E-state index contributed by atoms with van der Waals surface area (Å²) in [4.78, 5) is 16.7. The van der Waals surface area contributed by atoms with Crippen LogP contribution in [0.25, 0.3) is 0 Å². The third kappa shape index (κ3) is 7.32. The fourth-order valence-corrected chi connectivity index (χ4v) is 7.29. The van der Waals surface area contributed by atoms with Crippen LogP contribution >= 0.6 is 11.8 Å². The standard InChI is InChI=1S/C40H41NO2S/c1-31(41(2)3)38(33-21-11-5-12-22-33)43-39(42)37(30-29-32-19-9-4-10-20-32)44-40(34-23-13-6-14-24-34,35-25-15-7-16-26-35)36-27-17-8-18-28-36/h4-28,31,37-38H,29-30H2,1-3H3/t31-,37-,38+/m0/s1. The molecule has 3 nitrogen and oxygen atoms in total. The van der Waals surface area contributed by atoms with Crippen molar-refractivity contribution in [3.8, 4) is 0 Å². The van der Waals surface area contributed by atoms with Gasteiger partial charge in [-0.2, -0.15) is 0 Å². The van der Waals surface area contributed by atoms with Crippen molar-refractivity contribution < 1.29 is 9.53 Å². The minimum Gasteiger partial charge on any atom is -0.455 e. The summed E-state index contributed by atoms with van der Waals surface area (Å²) in [5.41, 5.74) is 5.58. The van der Waals surface area contributed by atoms with E-state index in [0.717, 1.165) is 28.7 Å². The molecule has 0 fully saturated rings. The molecule has 3 atom stereocenters. The Kier molecular flexibility index (Phi) is 10.7. The van der Waals surface area contributed by atoms with E-state index in [1.807, 2.05) is 68.7 Å². The lowest BCUT2D eigenvalue weighted by molar-refractivity contribution is -0.151. The molecule has 0 aliphatic heterocycles. The molecule has 0 spiro atoms. The van der Waals surface area contributed by atoms with Crippen molar-refractivity contribution in [3.05, 3.63) is 179 Å². The first-order valence-corrected chi connectivity index (χ1v) is 16.2. The first-order valence-electron chi connectivity index (χ1n) is 15.3. The second-order valence-electron chi connectivity index (χ2n) is 11.4. The number of likely N-dealkylation sites (N-methyl/N-ethyl adjacent to an activating group) is 1. The van der Waals surface area contributed by atoms with Gasteiger partial charge >= 0.3 is 5.97 Å². The van der Waals surface area contributed by atoms with E-state index in [1.165, 1.54) is 5.56 Å². The molecule has 0 amide bonds. The molecule has 5 rings (SSSR count). The van der Waals surface area contributed by atoms with Crippen LogP contribution < -0.4 is 0 Å². The molecule has 5 aromatic rings. The van der Waals surface area contributed by atoms with Gasteiger partial charge in [-0.1, -0.05) is 152 Å². The van der Waals surface area contributed by atoms with E-state index in [0.29, 0.717) is 6.42 Å². The molecule has 0 saturated carbocycles. The van der Waals surface area contributed by atoms with Gasteiger partial charge in [0, 0.05) is 6.04 Å². The topological polar surface area (TPSA) is 29.5 Å². The average Bonchev–Trinajstić information content (AvgIpc) is 3.09. The predicted molar refractivity (Wildman–Crippen MR) is 184 cm³/mol. The Morgan fingerprint density at radius 1 is 0.659 bits per heavy atom. The van der Waals surface area contributed by atoms with Crippen molar-refractivity contribution >= 4 is 17.7 Å². The summed E-state index contributed by atoms with van der Waals surface area (Å²) in [5, 5.41) is -0.448. The summed E-state index contributed by atoms with van der Waals surface area (Å²) in [7, 11) is 4.06. The molecule has 44 heavy (non-hydrogen) atoms. The minimum atomic E-state index is -0.639. The fourth-order valence-electron chi connectivity index (χ4n) is 5.66. The SMILES string of the molecule is C[C@@H]([C@@H](OC(=O)[C@H](CCc1ccccc1)SC(c1ccccc1)(c1ccccc1)c1ccccc1)c1ccccc1)N(C)C. The molecule has 0 aliphatic rings. The van der Waals surface area contributed by atoms with Gasteiger partial charge < -0.3 is 9.64 Å². The number of esters is 1. The second kappa shape index (κ2) is 15.1. The number of rotatable bonds is 13. The highest BCUT2D eigenvalue weighted by molar-refractivity contribution is 8.01. The molecule has 0 N–H and O–H groups in total. The van der Waals surface area contributed by atoms with Crippen LogP contribution in [0.1, 0.15) is 47.3 Å². The zero-order valence-electron chi connectivity index (χ0n) is 25.8. The average molecular weight is 600 g/mol. The normalized spacial score (nSPS) is 13.6. The molecular formula is C40H41NO2S. The summed E-state index contributed by atoms with van der Waals surface area (Å²) in [6.45, 7) is 2.11. The predicted octanol–water partition coefficient (Wildman–Crippen LogP) is 8.95. The van der Waals surface area contributed by atoms with Gasteiger partial charge in [0.2, 0.25) is 0 Å². The summed E-state index contributed by atoms with van der Waals surface area (Å²) >= 11 is 1.69. The van der Waals surface area contributed by atoms with Crippen LogP contribution in [0.2, 0.25) is 0 Å². The first-order chi connectivity index (χ1) is 21.5. The maximum Gasteiger partial charge on any atom is 0.319 e. The number of carbonyl (C=O) groups excluding carboxylic acids is 1. The Balaban J connectivity index is 1.61. The van der Waals surface area contributed by atoms with Crippen molar-refractivity contribution in [2.75, 3.05) is 14.1 Å². The molecule has 0 radical (unpaired) electrons. The van der Waals surface area contributed by atoms with Crippen molar-refractivity contribution in [1.82, 2.24) is 4.90 Å². The number of carbonyl (C=O) groups is 1. The minimum absolute atomic E-state index is 0.0109. The van der Waals surface area contributed by atoms with Crippen LogP contribution in [0.3, 0.4) is 0 Å². The molecule has 0 aromatic heterocycles. The second-order valence-corrected chi connectivity index (χ2v) is 12.8. The lowest BCUT2D eigenvalue weighted by Crippen LogP contribution is -2.37. The van der Waals surface area contributed by atoms with Gasteiger partial charge in [0.05, 0.1) is 4.75 Å². The number of benzene rings is 5. The molecule has 0 saturated heterocycles. The maximum absolute atomic E-state index is 14.6. The molecule has 5 aromatic carbocycles. The summed E-state index contributed by atoms with van der Waals surface area (Å²) in [6, 6.07) is 52.2. The summed E-state index contributed by atoms with van der Waals surface area (Å²) < 4.78 is 5.92. The highest BCUT2D eigenvalue weighted by atomic mass is 32.2. The van der Waals surface area contributed by atoms with Gasteiger partial charge in [-0.3, -0.25) is 4.79 Å². The largest absolute Gasteiger partial charge is 0.455 e. The summed E-state index contributed by atoms with van der Waals surface area (Å²) in [5.74, 6) is -0.194. The number of hydrogen-bond acceptors (Lipinski definition) is 4. The van der Waals surface area contributed by atoms with Crippen LogP contribution in [0.15, 0.2) is 152 Å². The van der Waals surface area contributed by atoms with Crippen LogP contribution in [0, 0.1) is 0 Å². The number of ether oxygens (including phenoxy) is 1. The molecule has 224 valence electrons. The van der Waals surface area contributed by atoms with Crippen LogP contribution in [0.4, 0.5) is 0 Å².